The van der Waals surface area contributed by atoms with Crippen molar-refractivity contribution in [3.63, 3.8) is 0 Å². The van der Waals surface area contributed by atoms with Gasteiger partial charge in [-0.25, -0.2) is 0 Å². The molecule has 0 atom stereocenters. The Bertz CT molecular complexity index is 876. The first-order chi connectivity index (χ1) is 13.5. The molecule has 4 aliphatic rings. The van der Waals surface area contributed by atoms with Crippen LogP contribution in [0, 0.1) is 33.7 Å². The second kappa shape index (κ2) is 6.57. The van der Waals surface area contributed by atoms with E-state index in [1.165, 1.54) is 25.3 Å². The van der Waals surface area contributed by atoms with Gasteiger partial charge >= 0.3 is 5.69 Å². The molecule has 0 spiro atoms. The van der Waals surface area contributed by atoms with Crippen molar-refractivity contribution in [2.45, 2.75) is 50.5 Å². The third-order valence-electron chi connectivity index (χ3n) is 7.08. The summed E-state index contributed by atoms with van der Waals surface area (Å²) in [5, 5.41) is 11.9. The molecule has 2 aromatic carbocycles. The fourth-order valence-corrected chi connectivity index (χ4v) is 6.51. The molecule has 0 aromatic heterocycles. The molecule has 4 bridgehead atoms. The molecule has 0 saturated heterocycles. The van der Waals surface area contributed by atoms with Crippen LogP contribution in [0.25, 0.3) is 0 Å². The smallest absolute Gasteiger partial charge is 0.312 e. The van der Waals surface area contributed by atoms with E-state index in [1.807, 2.05) is 30.3 Å². The van der Waals surface area contributed by atoms with E-state index in [4.69, 9.17) is 4.74 Å². The fraction of sp³-hybridized carbons (Fsp3) is 0.478. The molecular weight excluding hydrogens is 357 g/mol. The van der Waals surface area contributed by atoms with Crippen LogP contribution in [0.4, 0.5) is 10.1 Å². The Morgan fingerprint density at radius 3 is 2.18 bits per heavy atom. The highest BCUT2D eigenvalue weighted by molar-refractivity contribution is 5.56. The molecule has 4 aliphatic carbocycles. The zero-order valence-electron chi connectivity index (χ0n) is 15.8. The normalized spacial score (nSPS) is 30.4. The summed E-state index contributed by atoms with van der Waals surface area (Å²) < 4.78 is 20.7. The molecule has 0 radical (unpaired) electrons. The lowest BCUT2D eigenvalue weighted by molar-refractivity contribution is -0.389. The Morgan fingerprint density at radius 2 is 1.61 bits per heavy atom. The van der Waals surface area contributed by atoms with E-state index in [1.54, 1.807) is 6.07 Å². The van der Waals surface area contributed by atoms with Crippen molar-refractivity contribution in [3.05, 3.63) is 69.5 Å². The predicted molar refractivity (Wildman–Crippen MR) is 104 cm³/mol. The molecule has 28 heavy (non-hydrogen) atoms. The molecule has 6 rings (SSSR count). The molecule has 5 heteroatoms. The highest BCUT2D eigenvalue weighted by Gasteiger charge is 2.55. The largest absolute Gasteiger partial charge is 0.488 e. The van der Waals surface area contributed by atoms with E-state index in [9.17, 15) is 14.5 Å². The van der Waals surface area contributed by atoms with Crippen molar-refractivity contribution in [3.8, 4) is 5.75 Å². The van der Waals surface area contributed by atoms with Crippen molar-refractivity contribution in [1.82, 2.24) is 0 Å². The van der Waals surface area contributed by atoms with Gasteiger partial charge in [0.25, 0.3) is 0 Å². The third-order valence-corrected chi connectivity index (χ3v) is 7.08. The summed E-state index contributed by atoms with van der Waals surface area (Å²) in [5.74, 6) is 1.56. The summed E-state index contributed by atoms with van der Waals surface area (Å²) in [7, 11) is 0. The lowest BCUT2D eigenvalue weighted by Gasteiger charge is -2.56. The van der Waals surface area contributed by atoms with E-state index < -0.39 is 10.7 Å². The van der Waals surface area contributed by atoms with Crippen LogP contribution < -0.4 is 4.74 Å². The van der Waals surface area contributed by atoms with Crippen molar-refractivity contribution in [2.24, 2.45) is 17.8 Å². The number of halogens is 1. The lowest BCUT2D eigenvalue weighted by Crippen LogP contribution is -2.49. The molecule has 4 saturated carbocycles. The molecule has 0 amide bonds. The summed E-state index contributed by atoms with van der Waals surface area (Å²) in [6.07, 6.45) is 6.44. The lowest BCUT2D eigenvalue weighted by atomic mass is 9.47. The van der Waals surface area contributed by atoms with Crippen LogP contribution in [0.1, 0.15) is 49.7 Å². The van der Waals surface area contributed by atoms with Gasteiger partial charge in [-0.3, -0.25) is 10.1 Å². The van der Waals surface area contributed by atoms with Gasteiger partial charge in [0.1, 0.15) is 12.4 Å². The van der Waals surface area contributed by atoms with Gasteiger partial charge in [0.15, 0.2) is 0 Å². The zero-order valence-corrected chi connectivity index (χ0v) is 15.8. The van der Waals surface area contributed by atoms with Crippen molar-refractivity contribution < 1.29 is 14.1 Å². The van der Waals surface area contributed by atoms with Crippen LogP contribution >= 0.6 is 0 Å². The minimum atomic E-state index is -0.747. The second-order valence-corrected chi connectivity index (χ2v) is 9.00. The van der Waals surface area contributed by atoms with Crippen molar-refractivity contribution in [1.29, 1.82) is 0 Å². The zero-order chi connectivity index (χ0) is 19.3. The number of rotatable bonds is 5. The molecule has 0 heterocycles. The van der Waals surface area contributed by atoms with Gasteiger partial charge in [-0.15, -0.1) is 0 Å². The van der Waals surface area contributed by atoms with Crippen molar-refractivity contribution in [2.75, 3.05) is 0 Å². The molecule has 0 unspecified atom stereocenters. The highest BCUT2D eigenvalue weighted by Crippen LogP contribution is 2.63. The Morgan fingerprint density at radius 1 is 1.00 bits per heavy atom. The van der Waals surface area contributed by atoms with Crippen LogP contribution in [0.15, 0.2) is 42.5 Å². The number of hydrogen-bond acceptors (Lipinski definition) is 3. The van der Waals surface area contributed by atoms with Gasteiger partial charge in [0, 0.05) is 5.41 Å². The minimum Gasteiger partial charge on any atom is -0.488 e. The molecule has 0 N–H and O–H groups in total. The number of nitro benzene ring substituents is 1. The topological polar surface area (TPSA) is 52.4 Å². The average Bonchev–Trinajstić information content (AvgIpc) is 2.66. The summed E-state index contributed by atoms with van der Waals surface area (Å²) in [4.78, 5) is 11.3. The molecule has 0 aliphatic heterocycles. The SMILES string of the molecule is O=[N+]([O-])c1c(F)ccc(OCc2ccccc2)c1C12CC3CC(CC(C3)C1)C2. The Kier molecular flexibility index (Phi) is 4.14. The Balaban J connectivity index is 1.59. The van der Waals surface area contributed by atoms with Gasteiger partial charge in [-0.1, -0.05) is 30.3 Å². The molecule has 2 aromatic rings. The molecule has 146 valence electrons. The van der Waals surface area contributed by atoms with Crippen LogP contribution in [-0.2, 0) is 12.0 Å². The maximum absolute atomic E-state index is 14.6. The second-order valence-electron chi connectivity index (χ2n) is 9.00. The van der Waals surface area contributed by atoms with Gasteiger partial charge in [0.2, 0.25) is 5.82 Å². The van der Waals surface area contributed by atoms with E-state index in [2.05, 4.69) is 0 Å². The van der Waals surface area contributed by atoms with E-state index in [0.717, 1.165) is 24.8 Å². The Labute approximate surface area is 163 Å². The Hall–Kier alpha value is -2.43. The van der Waals surface area contributed by atoms with Gasteiger partial charge in [0.05, 0.1) is 10.5 Å². The van der Waals surface area contributed by atoms with E-state index in [-0.39, 0.29) is 11.1 Å². The number of hydrogen-bond donors (Lipinski definition) is 0. The first-order valence-electron chi connectivity index (χ1n) is 10.2. The molecule has 4 nitrogen and oxygen atoms in total. The van der Waals surface area contributed by atoms with E-state index >= 15 is 0 Å². The van der Waals surface area contributed by atoms with Gasteiger partial charge < -0.3 is 4.74 Å². The number of nitro groups is 1. The first kappa shape index (κ1) is 17.7. The summed E-state index contributed by atoms with van der Waals surface area (Å²) in [6, 6.07) is 12.5. The van der Waals surface area contributed by atoms with Gasteiger partial charge in [-0.05, 0) is 74.0 Å². The standard InChI is InChI=1S/C23H24FNO3/c24-19-6-7-20(28-14-15-4-2-1-3-5-15)21(22(19)25(26)27)23-11-16-8-17(12-23)10-18(9-16)13-23/h1-7,16-18H,8-14H2. The number of ether oxygens (including phenoxy) is 1. The maximum atomic E-state index is 14.6. The predicted octanol–water partition coefficient (Wildman–Crippen LogP) is 5.78. The van der Waals surface area contributed by atoms with Gasteiger partial charge in [-0.2, -0.15) is 4.39 Å². The number of benzene rings is 2. The minimum absolute atomic E-state index is 0.314. The maximum Gasteiger partial charge on any atom is 0.312 e. The average molecular weight is 381 g/mol. The summed E-state index contributed by atoms with van der Waals surface area (Å²) in [5.41, 5.74) is 0.830. The molecule has 4 fully saturated rings. The number of nitrogens with zero attached hydrogens (tertiary/aromatic N) is 1. The third kappa shape index (κ3) is 2.88. The van der Waals surface area contributed by atoms with Crippen LogP contribution in [0.5, 0.6) is 5.75 Å². The van der Waals surface area contributed by atoms with Crippen LogP contribution in [-0.4, -0.2) is 4.92 Å². The fourth-order valence-electron chi connectivity index (χ4n) is 6.51. The first-order valence-corrected chi connectivity index (χ1v) is 10.2. The van der Waals surface area contributed by atoms with Crippen LogP contribution in [0.2, 0.25) is 0 Å². The van der Waals surface area contributed by atoms with Crippen LogP contribution in [0.3, 0.4) is 0 Å². The quantitative estimate of drug-likeness (QED) is 0.487. The summed E-state index contributed by atoms with van der Waals surface area (Å²) in [6.45, 7) is 0.322. The van der Waals surface area contributed by atoms with Crippen molar-refractivity contribution >= 4 is 5.69 Å². The highest BCUT2D eigenvalue weighted by atomic mass is 19.1. The summed E-state index contributed by atoms with van der Waals surface area (Å²) >= 11 is 0. The molecular formula is C23H24FNO3. The van der Waals surface area contributed by atoms with E-state index in [0.29, 0.717) is 35.7 Å². The monoisotopic (exact) mass is 381 g/mol.